The lowest BCUT2D eigenvalue weighted by Crippen LogP contribution is -2.34. The number of nitrogens with two attached hydrogens (primary N) is 1. The molecule has 0 rings (SSSR count). The van der Waals surface area contributed by atoms with Gasteiger partial charge in [0.2, 0.25) is 0 Å². The zero-order chi connectivity index (χ0) is 11.1. The fourth-order valence-corrected chi connectivity index (χ4v) is 1.09. The van der Waals surface area contributed by atoms with Crippen LogP contribution >= 0.6 is 0 Å². The van der Waals surface area contributed by atoms with Crippen LogP contribution in [0.3, 0.4) is 0 Å². The Balaban J connectivity index is 4.08. The summed E-state index contributed by atoms with van der Waals surface area (Å²) in [7, 11) is 0. The van der Waals surface area contributed by atoms with Crippen LogP contribution < -0.4 is 5.73 Å². The van der Waals surface area contributed by atoms with E-state index in [1.165, 1.54) is 0 Å². The van der Waals surface area contributed by atoms with Crippen molar-refractivity contribution >= 4 is 11.9 Å². The highest BCUT2D eigenvalue weighted by Crippen LogP contribution is 2.13. The molecule has 0 saturated carbocycles. The predicted octanol–water partition coefficient (Wildman–Crippen LogP) is -0.738. The lowest BCUT2D eigenvalue weighted by molar-refractivity contribution is -0.143. The molecule has 82 valence electrons. The molecular weight excluding hydrogens is 190 g/mol. The first kappa shape index (κ1) is 12.9. The maximum Gasteiger partial charge on any atom is 0.320 e. The summed E-state index contributed by atoms with van der Waals surface area (Å²) in [6.07, 6.45) is 0.473. The molecule has 0 aliphatic heterocycles. The van der Waals surface area contributed by atoms with Crippen molar-refractivity contribution in [3.05, 3.63) is 0 Å². The van der Waals surface area contributed by atoms with E-state index >= 15 is 0 Å². The van der Waals surface area contributed by atoms with Gasteiger partial charge in [0, 0.05) is 6.61 Å². The van der Waals surface area contributed by atoms with E-state index in [-0.39, 0.29) is 19.4 Å². The highest BCUT2D eigenvalue weighted by atomic mass is 16.4. The Morgan fingerprint density at radius 3 is 2.14 bits per heavy atom. The van der Waals surface area contributed by atoms with Crippen LogP contribution in [0.25, 0.3) is 0 Å². The summed E-state index contributed by atoms with van der Waals surface area (Å²) in [5.74, 6) is -3.08. The SMILES string of the molecule is N[C@@H](C[C@H](CCCO)C(=O)O)C(=O)O. The minimum absolute atomic E-state index is 0.105. The van der Waals surface area contributed by atoms with Gasteiger partial charge in [-0.3, -0.25) is 9.59 Å². The normalized spacial score (nSPS) is 14.7. The summed E-state index contributed by atoms with van der Waals surface area (Å²) in [5.41, 5.74) is 5.20. The van der Waals surface area contributed by atoms with Gasteiger partial charge in [-0.15, -0.1) is 0 Å². The molecule has 0 radical (unpaired) electrons. The second-order valence-electron chi connectivity index (χ2n) is 3.08. The van der Waals surface area contributed by atoms with Crippen LogP contribution in [0, 0.1) is 5.92 Å². The smallest absolute Gasteiger partial charge is 0.320 e. The molecule has 5 N–H and O–H groups in total. The molecule has 2 atom stereocenters. The number of hydrogen-bond acceptors (Lipinski definition) is 4. The third kappa shape index (κ3) is 4.78. The minimum atomic E-state index is -1.21. The molecule has 6 heteroatoms. The standard InChI is InChI=1S/C8H15NO5/c9-6(8(13)14)4-5(7(11)12)2-1-3-10/h5-6,10H,1-4,9H2,(H,11,12)(H,13,14)/t5-,6-/m0/s1. The molecule has 6 nitrogen and oxygen atoms in total. The summed E-state index contributed by atoms with van der Waals surface area (Å²) >= 11 is 0. The summed E-state index contributed by atoms with van der Waals surface area (Å²) in [6.45, 7) is -0.105. The van der Waals surface area contributed by atoms with E-state index in [9.17, 15) is 9.59 Å². The highest BCUT2D eigenvalue weighted by molar-refractivity contribution is 5.75. The van der Waals surface area contributed by atoms with Crippen LogP contribution in [0.5, 0.6) is 0 Å². The Bertz CT molecular complexity index is 206. The molecule has 0 aromatic heterocycles. The van der Waals surface area contributed by atoms with Gasteiger partial charge in [0.25, 0.3) is 0 Å². The first-order chi connectivity index (χ1) is 6.49. The minimum Gasteiger partial charge on any atom is -0.481 e. The van der Waals surface area contributed by atoms with Gasteiger partial charge in [-0.05, 0) is 19.3 Å². The van der Waals surface area contributed by atoms with Gasteiger partial charge in [0.05, 0.1) is 5.92 Å². The number of carboxylic acid groups (broad SMARTS) is 2. The van der Waals surface area contributed by atoms with Crippen LogP contribution in [0.15, 0.2) is 0 Å². The van der Waals surface area contributed by atoms with Crippen LogP contribution in [0.1, 0.15) is 19.3 Å². The van der Waals surface area contributed by atoms with Crippen molar-refractivity contribution in [3.63, 3.8) is 0 Å². The summed E-state index contributed by atoms with van der Waals surface area (Å²) in [5, 5.41) is 25.7. The van der Waals surface area contributed by atoms with E-state index in [1.807, 2.05) is 0 Å². The van der Waals surface area contributed by atoms with E-state index in [1.54, 1.807) is 0 Å². The average Bonchev–Trinajstić information content (AvgIpc) is 2.10. The van der Waals surface area contributed by atoms with Crippen molar-refractivity contribution in [3.8, 4) is 0 Å². The zero-order valence-electron chi connectivity index (χ0n) is 7.72. The second kappa shape index (κ2) is 6.33. The molecule has 0 aromatic carbocycles. The van der Waals surface area contributed by atoms with Crippen molar-refractivity contribution in [2.24, 2.45) is 11.7 Å². The van der Waals surface area contributed by atoms with E-state index in [4.69, 9.17) is 21.1 Å². The molecule has 0 bridgehead atoms. The number of carbonyl (C=O) groups is 2. The first-order valence-electron chi connectivity index (χ1n) is 4.31. The number of aliphatic hydroxyl groups is 1. The third-order valence-corrected chi connectivity index (χ3v) is 1.92. The molecule has 0 aliphatic carbocycles. The van der Waals surface area contributed by atoms with Crippen molar-refractivity contribution in [2.75, 3.05) is 6.61 Å². The lowest BCUT2D eigenvalue weighted by atomic mass is 9.95. The molecule has 0 heterocycles. The number of aliphatic hydroxyl groups excluding tert-OH is 1. The molecule has 0 unspecified atom stereocenters. The molecule has 0 aromatic rings. The second-order valence-corrected chi connectivity index (χ2v) is 3.08. The highest BCUT2D eigenvalue weighted by Gasteiger charge is 2.23. The largest absolute Gasteiger partial charge is 0.481 e. The molecule has 0 fully saturated rings. The van der Waals surface area contributed by atoms with E-state index in [0.29, 0.717) is 6.42 Å². The Morgan fingerprint density at radius 1 is 1.21 bits per heavy atom. The van der Waals surface area contributed by atoms with Gasteiger partial charge < -0.3 is 21.1 Å². The zero-order valence-corrected chi connectivity index (χ0v) is 7.72. The number of aliphatic carboxylic acids is 2. The van der Waals surface area contributed by atoms with Gasteiger partial charge in [-0.25, -0.2) is 0 Å². The maximum atomic E-state index is 10.6. The third-order valence-electron chi connectivity index (χ3n) is 1.92. The molecular formula is C8H15NO5. The van der Waals surface area contributed by atoms with Crippen molar-refractivity contribution in [1.82, 2.24) is 0 Å². The fraction of sp³-hybridized carbons (Fsp3) is 0.750. The number of hydrogen-bond donors (Lipinski definition) is 4. The number of carboxylic acids is 2. The molecule has 0 aliphatic rings. The van der Waals surface area contributed by atoms with Crippen LogP contribution in [-0.4, -0.2) is 39.9 Å². The van der Waals surface area contributed by atoms with Crippen molar-refractivity contribution in [2.45, 2.75) is 25.3 Å². The van der Waals surface area contributed by atoms with Crippen molar-refractivity contribution < 1.29 is 24.9 Å². The summed E-state index contributed by atoms with van der Waals surface area (Å²) in [6, 6.07) is -1.16. The Kier molecular flexibility index (Phi) is 5.82. The maximum absolute atomic E-state index is 10.6. The van der Waals surface area contributed by atoms with Gasteiger partial charge in [0.1, 0.15) is 6.04 Å². The predicted molar refractivity (Wildman–Crippen MR) is 47.7 cm³/mol. The van der Waals surface area contributed by atoms with Crippen molar-refractivity contribution in [1.29, 1.82) is 0 Å². The Morgan fingerprint density at radius 2 is 1.79 bits per heavy atom. The topological polar surface area (TPSA) is 121 Å². The quantitative estimate of drug-likeness (QED) is 0.434. The van der Waals surface area contributed by atoms with Gasteiger partial charge in [-0.1, -0.05) is 0 Å². The van der Waals surface area contributed by atoms with Gasteiger partial charge >= 0.3 is 11.9 Å². The van der Waals surface area contributed by atoms with Crippen LogP contribution in [0.4, 0.5) is 0 Å². The number of rotatable bonds is 7. The lowest BCUT2D eigenvalue weighted by Gasteiger charge is -2.13. The summed E-state index contributed by atoms with van der Waals surface area (Å²) < 4.78 is 0. The monoisotopic (exact) mass is 205 g/mol. The molecule has 14 heavy (non-hydrogen) atoms. The first-order valence-corrected chi connectivity index (χ1v) is 4.31. The van der Waals surface area contributed by atoms with Crippen LogP contribution in [-0.2, 0) is 9.59 Å². The molecule has 0 amide bonds. The van der Waals surface area contributed by atoms with E-state index in [2.05, 4.69) is 0 Å². The molecule has 0 saturated heterocycles. The summed E-state index contributed by atoms with van der Waals surface area (Å²) in [4.78, 5) is 21.0. The molecule has 0 spiro atoms. The van der Waals surface area contributed by atoms with E-state index < -0.39 is 23.9 Å². The van der Waals surface area contributed by atoms with Crippen LogP contribution in [0.2, 0.25) is 0 Å². The fourth-order valence-electron chi connectivity index (χ4n) is 1.09. The Labute approximate surface area is 81.3 Å². The van der Waals surface area contributed by atoms with Gasteiger partial charge in [-0.2, -0.15) is 0 Å². The van der Waals surface area contributed by atoms with Gasteiger partial charge in [0.15, 0.2) is 0 Å². The average molecular weight is 205 g/mol. The van der Waals surface area contributed by atoms with E-state index in [0.717, 1.165) is 0 Å². The Hall–Kier alpha value is -1.14.